The lowest BCUT2D eigenvalue weighted by atomic mass is 9.68. The Morgan fingerprint density at radius 3 is 2.44 bits per heavy atom. The van der Waals surface area contributed by atoms with Crippen LogP contribution in [0.4, 0.5) is 5.69 Å². The number of amides is 2. The summed E-state index contributed by atoms with van der Waals surface area (Å²) < 4.78 is 0. The van der Waals surface area contributed by atoms with Gasteiger partial charge in [0, 0.05) is 25.9 Å². The third-order valence-corrected chi connectivity index (χ3v) is 7.52. The Hall–Kier alpha value is -2.33. The first-order valence-corrected chi connectivity index (χ1v) is 12.2. The number of thiophene rings is 1. The number of carboxylic acid groups (broad SMARTS) is 1. The molecule has 1 aromatic heterocycles. The first-order chi connectivity index (χ1) is 15.0. The van der Waals surface area contributed by atoms with Crippen LogP contribution in [0, 0.1) is 23.2 Å². The van der Waals surface area contributed by atoms with Gasteiger partial charge in [-0.2, -0.15) is 0 Å². The smallest absolute Gasteiger partial charge is 0.348 e. The number of carbonyl (C=O) groups excluding carboxylic acids is 2. The van der Waals surface area contributed by atoms with Gasteiger partial charge in [0.1, 0.15) is 4.88 Å². The van der Waals surface area contributed by atoms with Gasteiger partial charge in [-0.05, 0) is 52.5 Å². The average Bonchev–Trinajstić information content (AvgIpc) is 3.12. The summed E-state index contributed by atoms with van der Waals surface area (Å²) in [5.41, 5.74) is -0.538. The van der Waals surface area contributed by atoms with Crippen LogP contribution in [0.5, 0.6) is 0 Å². The molecule has 0 radical (unpaired) electrons. The Morgan fingerprint density at radius 2 is 1.88 bits per heavy atom. The third-order valence-electron chi connectivity index (χ3n) is 6.50. The van der Waals surface area contributed by atoms with Crippen LogP contribution in [0.2, 0.25) is 0 Å². The van der Waals surface area contributed by atoms with E-state index >= 15 is 0 Å². The van der Waals surface area contributed by atoms with Crippen molar-refractivity contribution in [3.05, 3.63) is 15.8 Å². The molecule has 2 fully saturated rings. The van der Waals surface area contributed by atoms with Crippen LogP contribution in [0.1, 0.15) is 87.2 Å². The van der Waals surface area contributed by atoms with Crippen molar-refractivity contribution >= 4 is 34.8 Å². The molecule has 1 aliphatic heterocycles. The number of nitrogens with zero attached hydrogens (tertiary/aromatic N) is 2. The zero-order chi connectivity index (χ0) is 23.7. The van der Waals surface area contributed by atoms with Crippen molar-refractivity contribution in [2.24, 2.45) is 11.3 Å². The van der Waals surface area contributed by atoms with Gasteiger partial charge in [-0.3, -0.25) is 9.59 Å². The van der Waals surface area contributed by atoms with E-state index in [-0.39, 0.29) is 28.0 Å². The van der Waals surface area contributed by atoms with Gasteiger partial charge in [0.05, 0.1) is 22.0 Å². The number of hydrogen-bond donors (Lipinski definition) is 1. The topological polar surface area (TPSA) is 77.9 Å². The molecule has 7 heteroatoms. The SMILES string of the molecule is CC(=O)N(c1cc(C#CC(C)(C)C)sc1C(=O)O)C1([C@@H]2CCCN(C)C2=O)CCCCC1. The Labute approximate surface area is 195 Å². The van der Waals surface area contributed by atoms with E-state index in [1.54, 1.807) is 15.9 Å². The minimum atomic E-state index is -1.07. The lowest BCUT2D eigenvalue weighted by Gasteiger charge is -2.52. The molecule has 0 spiro atoms. The van der Waals surface area contributed by atoms with Crippen molar-refractivity contribution in [3.63, 3.8) is 0 Å². The first kappa shape index (κ1) is 24.3. The highest BCUT2D eigenvalue weighted by Gasteiger charge is 2.51. The predicted molar refractivity (Wildman–Crippen MR) is 127 cm³/mol. The number of hydrogen-bond acceptors (Lipinski definition) is 4. The van der Waals surface area contributed by atoms with E-state index in [0.29, 0.717) is 23.4 Å². The molecule has 1 aromatic rings. The fraction of sp³-hybridized carbons (Fsp3) is 0.640. The fourth-order valence-electron chi connectivity index (χ4n) is 5.16. The maximum Gasteiger partial charge on any atom is 0.348 e. The minimum Gasteiger partial charge on any atom is -0.477 e. The summed E-state index contributed by atoms with van der Waals surface area (Å²) in [6, 6.07) is 1.74. The second kappa shape index (κ2) is 9.27. The van der Waals surface area contributed by atoms with Crippen LogP contribution in [0.15, 0.2) is 6.07 Å². The lowest BCUT2D eigenvalue weighted by Crippen LogP contribution is -2.62. The Bertz CT molecular complexity index is 957. The fourth-order valence-corrected chi connectivity index (χ4v) is 5.99. The van der Waals surface area contributed by atoms with E-state index < -0.39 is 11.5 Å². The van der Waals surface area contributed by atoms with Gasteiger partial charge in [0.15, 0.2) is 0 Å². The normalized spacial score (nSPS) is 21.0. The summed E-state index contributed by atoms with van der Waals surface area (Å²) in [5, 5.41) is 9.97. The van der Waals surface area contributed by atoms with Crippen LogP contribution in [0.3, 0.4) is 0 Å². The molecule has 0 aromatic carbocycles. The highest BCUT2D eigenvalue weighted by atomic mass is 32.1. The van der Waals surface area contributed by atoms with Crippen LogP contribution in [-0.4, -0.2) is 46.9 Å². The number of aromatic carboxylic acids is 1. The third kappa shape index (κ3) is 4.85. The van der Waals surface area contributed by atoms with Crippen molar-refractivity contribution in [2.45, 2.75) is 78.2 Å². The zero-order valence-corrected chi connectivity index (χ0v) is 20.6. The highest BCUT2D eigenvalue weighted by Crippen LogP contribution is 2.47. The predicted octanol–water partition coefficient (Wildman–Crippen LogP) is 4.77. The molecule has 1 aliphatic carbocycles. The summed E-state index contributed by atoms with van der Waals surface area (Å²) in [6.07, 6.45) is 5.90. The Morgan fingerprint density at radius 1 is 1.22 bits per heavy atom. The molecule has 2 aliphatic rings. The van der Waals surface area contributed by atoms with E-state index in [9.17, 15) is 19.5 Å². The number of likely N-dealkylation sites (tertiary alicyclic amines) is 1. The Kier molecular flexibility index (Phi) is 7.04. The summed E-state index contributed by atoms with van der Waals surface area (Å²) in [6.45, 7) is 8.19. The Balaban J connectivity index is 2.17. The largest absolute Gasteiger partial charge is 0.477 e. The molecule has 174 valence electrons. The first-order valence-electron chi connectivity index (χ1n) is 11.4. The molecule has 0 bridgehead atoms. The van der Waals surface area contributed by atoms with Crippen molar-refractivity contribution in [1.29, 1.82) is 0 Å². The van der Waals surface area contributed by atoms with Gasteiger partial charge in [-0.1, -0.05) is 31.1 Å². The quantitative estimate of drug-likeness (QED) is 0.660. The molecule has 32 heavy (non-hydrogen) atoms. The molecule has 0 unspecified atom stereocenters. The zero-order valence-electron chi connectivity index (χ0n) is 19.8. The standard InChI is InChI=1S/C25H34N2O4S/c1-17(28)27(20-16-18(11-14-24(2,3)4)32-21(20)23(30)31)25(12-7-6-8-13-25)19-10-9-15-26(5)22(19)29/h16,19H,6-10,12-13,15H2,1-5H3,(H,30,31)/t19-/m1/s1. The van der Waals surface area contributed by atoms with E-state index in [4.69, 9.17) is 0 Å². The van der Waals surface area contributed by atoms with Crippen LogP contribution in [0.25, 0.3) is 0 Å². The maximum absolute atomic E-state index is 13.3. The maximum atomic E-state index is 13.3. The van der Waals surface area contributed by atoms with Crippen molar-refractivity contribution in [1.82, 2.24) is 4.90 Å². The van der Waals surface area contributed by atoms with Gasteiger partial charge in [-0.25, -0.2) is 4.79 Å². The number of carbonyl (C=O) groups is 3. The van der Waals surface area contributed by atoms with Crippen molar-refractivity contribution in [2.75, 3.05) is 18.5 Å². The van der Waals surface area contributed by atoms with Gasteiger partial charge in [0.2, 0.25) is 11.8 Å². The number of piperidine rings is 1. The van der Waals surface area contributed by atoms with Crippen molar-refractivity contribution in [3.8, 4) is 11.8 Å². The molecular weight excluding hydrogens is 424 g/mol. The summed E-state index contributed by atoms with van der Waals surface area (Å²) in [4.78, 5) is 42.8. The van der Waals surface area contributed by atoms with Gasteiger partial charge in [0.25, 0.3) is 0 Å². The van der Waals surface area contributed by atoms with Gasteiger partial charge >= 0.3 is 5.97 Å². The molecular formula is C25H34N2O4S. The molecule has 1 N–H and O–H groups in total. The molecule has 1 saturated carbocycles. The number of rotatable bonds is 4. The number of carboxylic acids is 1. The molecule has 6 nitrogen and oxygen atoms in total. The summed E-state index contributed by atoms with van der Waals surface area (Å²) in [7, 11) is 1.82. The van der Waals surface area contributed by atoms with E-state index in [0.717, 1.165) is 50.0 Å². The number of anilines is 1. The average molecular weight is 459 g/mol. The second-order valence-electron chi connectivity index (χ2n) is 10.1. The summed E-state index contributed by atoms with van der Waals surface area (Å²) >= 11 is 1.10. The molecule has 1 atom stereocenters. The lowest BCUT2D eigenvalue weighted by molar-refractivity contribution is -0.141. The molecule has 2 heterocycles. The minimum absolute atomic E-state index is 0.0595. The van der Waals surface area contributed by atoms with Crippen molar-refractivity contribution < 1.29 is 19.5 Å². The highest BCUT2D eigenvalue weighted by molar-refractivity contribution is 7.15. The molecule has 1 saturated heterocycles. The van der Waals surface area contributed by atoms with Crippen LogP contribution in [-0.2, 0) is 9.59 Å². The van der Waals surface area contributed by atoms with Crippen LogP contribution >= 0.6 is 11.3 Å². The summed E-state index contributed by atoms with van der Waals surface area (Å²) in [5.74, 6) is 4.70. The molecule has 3 rings (SSSR count). The second-order valence-corrected chi connectivity index (χ2v) is 11.2. The van der Waals surface area contributed by atoms with Gasteiger partial charge in [-0.15, -0.1) is 11.3 Å². The van der Waals surface area contributed by atoms with Crippen LogP contribution < -0.4 is 4.90 Å². The van der Waals surface area contributed by atoms with E-state index in [1.807, 2.05) is 27.8 Å². The molecule has 2 amide bonds. The van der Waals surface area contributed by atoms with E-state index in [1.165, 1.54) is 6.92 Å². The monoisotopic (exact) mass is 458 g/mol. The van der Waals surface area contributed by atoms with E-state index in [2.05, 4.69) is 11.8 Å². The van der Waals surface area contributed by atoms with Gasteiger partial charge < -0.3 is 14.9 Å².